The minimum Gasteiger partial charge on any atom is -0.476 e. The van der Waals surface area contributed by atoms with Crippen molar-refractivity contribution in [2.45, 2.75) is 54.4 Å². The summed E-state index contributed by atoms with van der Waals surface area (Å²) in [5.74, 6) is -0.747. The number of carbonyl (C=O) groups excluding carboxylic acids is 1. The van der Waals surface area contributed by atoms with Crippen LogP contribution in [0.2, 0.25) is 0 Å². The third-order valence-electron chi connectivity index (χ3n) is 3.06. The topological polar surface area (TPSA) is 39.2 Å². The van der Waals surface area contributed by atoms with E-state index in [2.05, 4.69) is 25.8 Å². The maximum atomic E-state index is 13.9. The molecule has 1 aromatic heterocycles. The van der Waals surface area contributed by atoms with Gasteiger partial charge in [-0.2, -0.15) is 0 Å². The molecule has 0 saturated carbocycles. The first-order valence-electron chi connectivity index (χ1n) is 7.34. The number of pyridine rings is 1. The maximum absolute atomic E-state index is 13.9. The lowest BCUT2D eigenvalue weighted by molar-refractivity contribution is 0.0857. The molecule has 0 aromatic carbocycles. The molecular weight excluding hydrogens is 269 g/mol. The van der Waals surface area contributed by atoms with Gasteiger partial charge >= 0.3 is 0 Å². The quantitative estimate of drug-likeness (QED) is 0.586. The van der Waals surface area contributed by atoms with Gasteiger partial charge in [-0.1, -0.05) is 41.5 Å². The number of hydrogen-bond acceptors (Lipinski definition) is 3. The van der Waals surface area contributed by atoms with Crippen molar-refractivity contribution in [2.75, 3.05) is 6.61 Å². The number of halogens is 1. The van der Waals surface area contributed by atoms with Crippen molar-refractivity contribution in [1.29, 1.82) is 0 Å². The van der Waals surface area contributed by atoms with Gasteiger partial charge in [-0.25, -0.2) is 9.37 Å². The summed E-state index contributed by atoms with van der Waals surface area (Å²) >= 11 is 0. The summed E-state index contributed by atoms with van der Waals surface area (Å²) in [6, 6.07) is 1.21. The smallest absolute Gasteiger partial charge is 0.250 e. The van der Waals surface area contributed by atoms with E-state index < -0.39 is 11.2 Å². The molecule has 0 aliphatic heterocycles. The zero-order valence-corrected chi connectivity index (χ0v) is 13.9. The zero-order valence-electron chi connectivity index (χ0n) is 13.9. The average Bonchev–Trinajstić information content (AvgIpc) is 2.32. The molecule has 3 nitrogen and oxygen atoms in total. The standard InChI is InChI=1S/C17H26FNO2/c1-16(2,3)8-7-9-21-15-13(18)10-12(11-19-15)14(20)17(4,5)6/h10-11H,7-9H2,1-6H3. The molecule has 4 heteroatoms. The molecule has 0 saturated heterocycles. The molecule has 0 bridgehead atoms. The molecule has 0 amide bonds. The van der Waals surface area contributed by atoms with Crippen LogP contribution in [0.5, 0.6) is 5.88 Å². The van der Waals surface area contributed by atoms with E-state index in [-0.39, 0.29) is 22.6 Å². The molecule has 0 unspecified atom stereocenters. The lowest BCUT2D eigenvalue weighted by Crippen LogP contribution is -2.20. The fraction of sp³-hybridized carbons (Fsp3) is 0.647. The first-order chi connectivity index (χ1) is 9.50. The lowest BCUT2D eigenvalue weighted by Gasteiger charge is -2.18. The Morgan fingerprint density at radius 3 is 2.33 bits per heavy atom. The summed E-state index contributed by atoms with van der Waals surface area (Å²) in [5, 5.41) is 0. The van der Waals surface area contributed by atoms with E-state index in [9.17, 15) is 9.18 Å². The van der Waals surface area contributed by atoms with Crippen molar-refractivity contribution in [2.24, 2.45) is 10.8 Å². The molecule has 21 heavy (non-hydrogen) atoms. The lowest BCUT2D eigenvalue weighted by atomic mass is 9.87. The van der Waals surface area contributed by atoms with Crippen molar-refractivity contribution in [3.8, 4) is 5.88 Å². The third-order valence-corrected chi connectivity index (χ3v) is 3.06. The molecule has 0 aliphatic carbocycles. The van der Waals surface area contributed by atoms with Crippen molar-refractivity contribution in [3.05, 3.63) is 23.6 Å². The second-order valence-electron chi connectivity index (χ2n) is 7.60. The molecule has 0 aliphatic rings. The van der Waals surface area contributed by atoms with Gasteiger partial charge in [0.25, 0.3) is 0 Å². The molecule has 0 radical (unpaired) electrons. The van der Waals surface area contributed by atoms with Gasteiger partial charge in [0.1, 0.15) is 0 Å². The van der Waals surface area contributed by atoms with Gasteiger partial charge in [0.15, 0.2) is 11.6 Å². The second-order valence-corrected chi connectivity index (χ2v) is 7.60. The van der Waals surface area contributed by atoms with Crippen LogP contribution in [0.1, 0.15) is 64.7 Å². The number of carbonyl (C=O) groups is 1. The zero-order chi connectivity index (χ0) is 16.3. The molecule has 0 N–H and O–H groups in total. The highest BCUT2D eigenvalue weighted by atomic mass is 19.1. The number of aromatic nitrogens is 1. The van der Waals surface area contributed by atoms with Gasteiger partial charge in [0, 0.05) is 17.2 Å². The van der Waals surface area contributed by atoms with Crippen LogP contribution in [0.15, 0.2) is 12.3 Å². The van der Waals surface area contributed by atoms with Gasteiger partial charge in [-0.05, 0) is 24.3 Å². The van der Waals surface area contributed by atoms with Gasteiger partial charge in [-0.15, -0.1) is 0 Å². The number of nitrogens with zero attached hydrogens (tertiary/aromatic N) is 1. The Kier molecular flexibility index (Phi) is 5.48. The summed E-state index contributed by atoms with van der Waals surface area (Å²) < 4.78 is 19.3. The van der Waals surface area contributed by atoms with Gasteiger partial charge in [-0.3, -0.25) is 4.79 Å². The normalized spacial score (nSPS) is 12.3. The number of ketones is 1. The van der Waals surface area contributed by atoms with Crippen LogP contribution in [-0.2, 0) is 0 Å². The van der Waals surface area contributed by atoms with Crippen molar-refractivity contribution in [3.63, 3.8) is 0 Å². The summed E-state index contributed by atoms with van der Waals surface area (Å²) in [4.78, 5) is 16.0. The predicted octanol–water partition coefficient (Wildman–Crippen LogP) is 4.65. The maximum Gasteiger partial charge on any atom is 0.250 e. The number of hydrogen-bond donors (Lipinski definition) is 0. The highest BCUT2D eigenvalue weighted by molar-refractivity contribution is 5.99. The fourth-order valence-corrected chi connectivity index (χ4v) is 1.86. The SMILES string of the molecule is CC(C)(C)CCCOc1ncc(C(=O)C(C)(C)C)cc1F. The van der Waals surface area contributed by atoms with Crippen LogP contribution in [0.25, 0.3) is 0 Å². The van der Waals surface area contributed by atoms with Crippen LogP contribution < -0.4 is 4.74 Å². The second kappa shape index (κ2) is 6.54. The molecule has 1 aromatic rings. The molecular formula is C17H26FNO2. The first kappa shape index (κ1) is 17.6. The molecule has 0 fully saturated rings. The molecule has 118 valence electrons. The average molecular weight is 295 g/mol. The molecule has 1 rings (SSSR count). The van der Waals surface area contributed by atoms with E-state index in [0.717, 1.165) is 12.8 Å². The minimum absolute atomic E-state index is 0.0330. The summed E-state index contributed by atoms with van der Waals surface area (Å²) in [7, 11) is 0. The molecule has 1 heterocycles. The van der Waals surface area contributed by atoms with Crippen LogP contribution in [0, 0.1) is 16.6 Å². The van der Waals surface area contributed by atoms with Crippen molar-refractivity contribution >= 4 is 5.78 Å². The Labute approximate surface area is 126 Å². The molecule has 0 spiro atoms. The summed E-state index contributed by atoms with van der Waals surface area (Å²) in [5.41, 5.74) is -0.0383. The Balaban J connectivity index is 2.65. The summed E-state index contributed by atoms with van der Waals surface area (Å²) in [6.45, 7) is 12.3. The van der Waals surface area contributed by atoms with Crippen molar-refractivity contribution in [1.82, 2.24) is 4.98 Å². The van der Waals surface area contributed by atoms with E-state index in [0.29, 0.717) is 6.61 Å². The van der Waals surface area contributed by atoms with Gasteiger partial charge in [0.05, 0.1) is 6.61 Å². The van der Waals surface area contributed by atoms with Crippen LogP contribution in [0.4, 0.5) is 4.39 Å². The Bertz CT molecular complexity index is 498. The van der Waals surface area contributed by atoms with Crippen molar-refractivity contribution < 1.29 is 13.9 Å². The number of rotatable bonds is 5. The monoisotopic (exact) mass is 295 g/mol. The Morgan fingerprint density at radius 1 is 1.24 bits per heavy atom. The van der Waals surface area contributed by atoms with E-state index in [1.165, 1.54) is 12.3 Å². The Morgan fingerprint density at radius 2 is 1.86 bits per heavy atom. The Hall–Kier alpha value is -1.45. The fourth-order valence-electron chi connectivity index (χ4n) is 1.86. The van der Waals surface area contributed by atoms with Crippen LogP contribution in [-0.4, -0.2) is 17.4 Å². The third kappa shape index (κ3) is 5.82. The number of ether oxygens (including phenoxy) is 1. The number of Topliss-reactive ketones (excluding diaryl/α,β-unsaturated/α-hetero) is 1. The largest absolute Gasteiger partial charge is 0.476 e. The van der Waals surface area contributed by atoms with Gasteiger partial charge < -0.3 is 4.74 Å². The highest BCUT2D eigenvalue weighted by Gasteiger charge is 2.24. The van der Waals surface area contributed by atoms with E-state index >= 15 is 0 Å². The van der Waals surface area contributed by atoms with E-state index in [1.54, 1.807) is 20.8 Å². The summed E-state index contributed by atoms with van der Waals surface area (Å²) in [6.07, 6.45) is 3.22. The first-order valence-corrected chi connectivity index (χ1v) is 7.34. The van der Waals surface area contributed by atoms with E-state index in [4.69, 9.17) is 4.74 Å². The highest BCUT2D eigenvalue weighted by Crippen LogP contribution is 2.24. The predicted molar refractivity (Wildman–Crippen MR) is 82.2 cm³/mol. The van der Waals surface area contributed by atoms with E-state index in [1.807, 2.05) is 0 Å². The van der Waals surface area contributed by atoms with Crippen LogP contribution in [0.3, 0.4) is 0 Å². The van der Waals surface area contributed by atoms with Crippen LogP contribution >= 0.6 is 0 Å². The minimum atomic E-state index is -0.583. The van der Waals surface area contributed by atoms with Gasteiger partial charge in [0.2, 0.25) is 5.88 Å². The molecule has 0 atom stereocenters.